The van der Waals surface area contributed by atoms with Gasteiger partial charge in [0.1, 0.15) is 11.4 Å². The van der Waals surface area contributed by atoms with Crippen LogP contribution >= 0.6 is 0 Å². The van der Waals surface area contributed by atoms with Crippen LogP contribution in [0.4, 0.5) is 10.7 Å². The number of hydrogen-bond acceptors (Lipinski definition) is 7. The average molecular weight is 460 g/mol. The van der Waals surface area contributed by atoms with Gasteiger partial charge >= 0.3 is 6.09 Å². The Bertz CT molecular complexity index is 1130. The minimum absolute atomic E-state index is 0.0164. The molecule has 3 heterocycles. The summed E-state index contributed by atoms with van der Waals surface area (Å²) in [4.78, 5) is 49.1. The highest BCUT2D eigenvalue weighted by molar-refractivity contribution is 5.90. The lowest BCUT2D eigenvalue weighted by Crippen LogP contribution is -2.47. The summed E-state index contributed by atoms with van der Waals surface area (Å²) in [6, 6.07) is -0.260. The molecule has 1 atom stereocenters. The second-order valence-electron chi connectivity index (χ2n) is 9.54. The van der Waals surface area contributed by atoms with Gasteiger partial charge in [0.15, 0.2) is 5.82 Å². The molecule has 2 aromatic heterocycles. The molecule has 0 spiro atoms. The van der Waals surface area contributed by atoms with Crippen molar-refractivity contribution in [2.24, 2.45) is 7.05 Å². The molecular formula is C22H33N7O4. The first-order chi connectivity index (χ1) is 15.3. The number of fused-ring (bicyclic) bond motifs is 1. The Balaban J connectivity index is 2.12. The number of carbonyl (C=O) groups is 2. The van der Waals surface area contributed by atoms with E-state index in [0.717, 1.165) is 0 Å². The number of amides is 2. The molecule has 0 bridgehead atoms. The summed E-state index contributed by atoms with van der Waals surface area (Å²) in [6.07, 6.45) is 1.37. The first-order valence-corrected chi connectivity index (χ1v) is 11.0. The number of hydrogen-bond donors (Lipinski definition) is 2. The molecule has 0 saturated carbocycles. The fourth-order valence-electron chi connectivity index (χ4n) is 3.72. The van der Waals surface area contributed by atoms with Crippen LogP contribution in [0, 0.1) is 0 Å². The highest BCUT2D eigenvalue weighted by Gasteiger charge is 2.34. The first kappa shape index (κ1) is 24.3. The smallest absolute Gasteiger partial charge is 0.410 e. The van der Waals surface area contributed by atoms with Gasteiger partial charge in [-0.3, -0.25) is 14.5 Å². The van der Waals surface area contributed by atoms with E-state index in [4.69, 9.17) is 9.72 Å². The topological polar surface area (TPSA) is 123 Å². The summed E-state index contributed by atoms with van der Waals surface area (Å²) >= 11 is 0. The molecule has 180 valence electrons. The lowest BCUT2D eigenvalue weighted by molar-refractivity contribution is 0.0133. The zero-order valence-electron chi connectivity index (χ0n) is 20.5. The largest absolute Gasteiger partial charge is 0.444 e. The van der Waals surface area contributed by atoms with Crippen molar-refractivity contribution in [3.05, 3.63) is 33.6 Å². The molecular weight excluding hydrogens is 426 g/mol. The van der Waals surface area contributed by atoms with Crippen LogP contribution in [-0.4, -0.2) is 60.7 Å². The molecule has 0 radical (unpaired) electrons. The maximum Gasteiger partial charge on any atom is 0.410 e. The van der Waals surface area contributed by atoms with Crippen molar-refractivity contribution in [3.8, 4) is 5.82 Å². The SMILES string of the molecule is CNC(=O)c1ncc(-n2c(NC(C)C)nc3c(c2=O)C[C@@H](C)N(C(=O)OC(C)(C)C)C3)n1C. The fourth-order valence-corrected chi connectivity index (χ4v) is 3.72. The van der Waals surface area contributed by atoms with Crippen LogP contribution in [-0.2, 0) is 24.8 Å². The van der Waals surface area contributed by atoms with Crippen LogP contribution in [0.15, 0.2) is 11.0 Å². The van der Waals surface area contributed by atoms with E-state index in [9.17, 15) is 14.4 Å². The van der Waals surface area contributed by atoms with Crippen LogP contribution in [0.5, 0.6) is 0 Å². The molecule has 1 aliphatic rings. The fraction of sp³-hybridized carbons (Fsp3) is 0.591. The number of rotatable bonds is 4. The molecule has 0 aromatic carbocycles. The van der Waals surface area contributed by atoms with Crippen molar-refractivity contribution < 1.29 is 14.3 Å². The Hall–Kier alpha value is -3.37. The summed E-state index contributed by atoms with van der Waals surface area (Å²) in [5.41, 5.74) is 0.168. The van der Waals surface area contributed by atoms with E-state index in [2.05, 4.69) is 15.6 Å². The maximum absolute atomic E-state index is 13.7. The molecule has 2 aromatic rings. The van der Waals surface area contributed by atoms with E-state index >= 15 is 0 Å². The number of anilines is 1. The molecule has 11 heteroatoms. The van der Waals surface area contributed by atoms with Crippen LogP contribution in [0.25, 0.3) is 5.82 Å². The second kappa shape index (κ2) is 8.87. The number of nitrogens with one attached hydrogen (secondary N) is 2. The number of ether oxygens (including phenoxy) is 1. The summed E-state index contributed by atoms with van der Waals surface area (Å²) in [5.74, 6) is 0.554. The zero-order valence-corrected chi connectivity index (χ0v) is 20.5. The van der Waals surface area contributed by atoms with Gasteiger partial charge in [0, 0.05) is 38.2 Å². The minimum Gasteiger partial charge on any atom is -0.444 e. The van der Waals surface area contributed by atoms with Gasteiger partial charge in [-0.05, 0) is 41.5 Å². The van der Waals surface area contributed by atoms with Gasteiger partial charge in [0.25, 0.3) is 11.5 Å². The summed E-state index contributed by atoms with van der Waals surface area (Å²) in [5, 5.41) is 5.76. The molecule has 2 N–H and O–H groups in total. The van der Waals surface area contributed by atoms with Gasteiger partial charge in [-0.15, -0.1) is 0 Å². The van der Waals surface area contributed by atoms with Crippen molar-refractivity contribution in [1.29, 1.82) is 0 Å². The third-order valence-corrected chi connectivity index (χ3v) is 5.28. The van der Waals surface area contributed by atoms with Crippen molar-refractivity contribution >= 4 is 17.9 Å². The van der Waals surface area contributed by atoms with Crippen molar-refractivity contribution in [2.75, 3.05) is 12.4 Å². The molecule has 2 amide bonds. The molecule has 3 rings (SSSR count). The lowest BCUT2D eigenvalue weighted by atomic mass is 10.00. The second-order valence-corrected chi connectivity index (χ2v) is 9.54. The molecule has 0 aliphatic carbocycles. The van der Waals surface area contributed by atoms with Gasteiger partial charge in [0.05, 0.1) is 18.4 Å². The van der Waals surface area contributed by atoms with Gasteiger partial charge in [0.2, 0.25) is 5.95 Å². The Kier molecular flexibility index (Phi) is 6.53. The molecule has 1 aliphatic heterocycles. The Morgan fingerprint density at radius 1 is 1.27 bits per heavy atom. The highest BCUT2D eigenvalue weighted by atomic mass is 16.6. The summed E-state index contributed by atoms with van der Waals surface area (Å²) < 4.78 is 8.54. The Morgan fingerprint density at radius 2 is 1.94 bits per heavy atom. The predicted octanol–water partition coefficient (Wildman–Crippen LogP) is 1.83. The third-order valence-electron chi connectivity index (χ3n) is 5.28. The summed E-state index contributed by atoms with van der Waals surface area (Å²) in [6.45, 7) is 11.4. The van der Waals surface area contributed by atoms with Crippen molar-refractivity contribution in [1.82, 2.24) is 29.3 Å². The third kappa shape index (κ3) is 4.86. The zero-order chi connectivity index (χ0) is 24.7. The standard InChI is InChI=1S/C22H33N7O4/c1-12(2)25-20-26-15-11-28(21(32)33-22(4,5)6)13(3)9-14(15)19(31)29(20)16-10-24-17(27(16)8)18(30)23-7/h10,12-13H,9,11H2,1-8H3,(H,23,30)(H,25,26)/t13-/m1/s1. The first-order valence-electron chi connectivity index (χ1n) is 11.0. The van der Waals surface area contributed by atoms with Gasteiger partial charge in [-0.25, -0.2) is 19.3 Å². The van der Waals surface area contributed by atoms with Gasteiger partial charge < -0.3 is 19.9 Å². The van der Waals surface area contributed by atoms with Crippen LogP contribution < -0.4 is 16.2 Å². The van der Waals surface area contributed by atoms with Gasteiger partial charge in [-0.2, -0.15) is 0 Å². The van der Waals surface area contributed by atoms with E-state index in [1.54, 1.807) is 16.5 Å². The molecule has 0 saturated heterocycles. The van der Waals surface area contributed by atoms with E-state index in [1.165, 1.54) is 17.8 Å². The van der Waals surface area contributed by atoms with E-state index in [0.29, 0.717) is 29.4 Å². The Morgan fingerprint density at radius 3 is 2.52 bits per heavy atom. The lowest BCUT2D eigenvalue weighted by Gasteiger charge is -2.35. The molecule has 0 fully saturated rings. The minimum atomic E-state index is -0.625. The predicted molar refractivity (Wildman–Crippen MR) is 124 cm³/mol. The molecule has 11 nitrogen and oxygen atoms in total. The van der Waals surface area contributed by atoms with E-state index < -0.39 is 11.7 Å². The van der Waals surface area contributed by atoms with E-state index in [1.807, 2.05) is 41.5 Å². The monoisotopic (exact) mass is 459 g/mol. The van der Waals surface area contributed by atoms with Crippen LogP contribution in [0.1, 0.15) is 63.4 Å². The number of carbonyl (C=O) groups excluding carboxylic acids is 2. The Labute approximate surface area is 193 Å². The highest BCUT2D eigenvalue weighted by Crippen LogP contribution is 2.25. The maximum atomic E-state index is 13.7. The van der Waals surface area contributed by atoms with Crippen molar-refractivity contribution in [3.63, 3.8) is 0 Å². The van der Waals surface area contributed by atoms with Crippen LogP contribution in [0.2, 0.25) is 0 Å². The summed E-state index contributed by atoms with van der Waals surface area (Å²) in [7, 11) is 3.19. The quantitative estimate of drug-likeness (QED) is 0.715. The average Bonchev–Trinajstić information content (AvgIpc) is 3.07. The molecule has 0 unspecified atom stereocenters. The number of nitrogens with zero attached hydrogens (tertiary/aromatic N) is 5. The van der Waals surface area contributed by atoms with Crippen molar-refractivity contribution in [2.45, 2.75) is 72.2 Å². The van der Waals surface area contributed by atoms with E-state index in [-0.39, 0.29) is 35.9 Å². The molecule has 33 heavy (non-hydrogen) atoms. The van der Waals surface area contributed by atoms with Crippen LogP contribution in [0.3, 0.4) is 0 Å². The van der Waals surface area contributed by atoms with Gasteiger partial charge in [-0.1, -0.05) is 0 Å². The number of aromatic nitrogens is 4. The number of imidazole rings is 1. The normalized spacial score (nSPS) is 15.9.